The monoisotopic (exact) mass is 341 g/mol. The molecule has 0 bridgehead atoms. The van der Waals surface area contributed by atoms with E-state index in [1.165, 1.54) is 5.56 Å². The second-order valence-electron chi connectivity index (χ2n) is 3.18. The van der Waals surface area contributed by atoms with Gasteiger partial charge in [-0.15, -0.1) is 0 Å². The van der Waals surface area contributed by atoms with E-state index in [4.69, 9.17) is 0 Å². The number of hydrogen-bond acceptors (Lipinski definition) is 3. The van der Waals surface area contributed by atoms with Crippen molar-refractivity contribution in [1.82, 2.24) is 9.97 Å². The maximum Gasteiger partial charge on any atom is 0.225 e. The van der Waals surface area contributed by atoms with Crippen LogP contribution in [0.2, 0.25) is 0 Å². The maximum absolute atomic E-state index is 4.21. The molecule has 0 aliphatic heterocycles. The zero-order valence-corrected chi connectivity index (χ0v) is 11.5. The highest BCUT2D eigenvalue weighted by Crippen LogP contribution is 2.15. The minimum atomic E-state index is 0.602. The molecule has 16 heavy (non-hydrogen) atoms. The van der Waals surface area contributed by atoms with Crippen LogP contribution in [0.5, 0.6) is 0 Å². The molecule has 0 spiro atoms. The number of benzene rings is 1. The number of anilines is 1. The first kappa shape index (κ1) is 11.5. The molecule has 0 atom stereocenters. The molecule has 0 radical (unpaired) electrons. The highest BCUT2D eigenvalue weighted by molar-refractivity contribution is 9.11. The molecule has 0 saturated carbocycles. The molecule has 0 aliphatic rings. The zero-order chi connectivity index (χ0) is 11.4. The summed E-state index contributed by atoms with van der Waals surface area (Å²) in [7, 11) is 0. The van der Waals surface area contributed by atoms with Crippen molar-refractivity contribution in [3.63, 3.8) is 0 Å². The Labute approximate surface area is 111 Å². The van der Waals surface area contributed by atoms with Gasteiger partial charge >= 0.3 is 0 Å². The van der Waals surface area contributed by atoms with E-state index >= 15 is 0 Å². The Kier molecular flexibility index (Phi) is 3.90. The number of halogens is 2. The van der Waals surface area contributed by atoms with Crippen molar-refractivity contribution in [2.45, 2.75) is 6.54 Å². The van der Waals surface area contributed by atoms with Crippen LogP contribution in [0.25, 0.3) is 0 Å². The van der Waals surface area contributed by atoms with Crippen molar-refractivity contribution in [3.05, 3.63) is 51.2 Å². The Morgan fingerprint density at radius 2 is 1.62 bits per heavy atom. The van der Waals surface area contributed by atoms with E-state index in [0.29, 0.717) is 12.5 Å². The van der Waals surface area contributed by atoms with Gasteiger partial charge in [0.15, 0.2) is 0 Å². The van der Waals surface area contributed by atoms with Crippen molar-refractivity contribution < 1.29 is 0 Å². The zero-order valence-electron chi connectivity index (χ0n) is 8.32. The average Bonchev–Trinajstić information content (AvgIpc) is 2.27. The van der Waals surface area contributed by atoms with Crippen LogP contribution in [-0.2, 0) is 6.54 Å². The largest absolute Gasteiger partial charge is 0.350 e. The summed E-state index contributed by atoms with van der Waals surface area (Å²) in [5.74, 6) is 0.602. The highest BCUT2D eigenvalue weighted by atomic mass is 79.9. The molecule has 1 N–H and O–H groups in total. The molecule has 0 saturated heterocycles. The van der Waals surface area contributed by atoms with E-state index in [-0.39, 0.29) is 0 Å². The van der Waals surface area contributed by atoms with Crippen molar-refractivity contribution >= 4 is 37.8 Å². The lowest BCUT2D eigenvalue weighted by Gasteiger charge is -2.05. The highest BCUT2D eigenvalue weighted by Gasteiger charge is 2.00. The first-order valence-corrected chi connectivity index (χ1v) is 6.30. The molecule has 1 aromatic carbocycles. The molecule has 2 aromatic rings. The minimum absolute atomic E-state index is 0.602. The fourth-order valence-electron chi connectivity index (χ4n) is 1.25. The van der Waals surface area contributed by atoms with Crippen LogP contribution in [0.3, 0.4) is 0 Å². The summed E-state index contributed by atoms with van der Waals surface area (Å²) in [5, 5.41) is 3.16. The fraction of sp³-hybridized carbons (Fsp3) is 0.0909. The summed E-state index contributed by atoms with van der Waals surface area (Å²) in [6.45, 7) is 0.712. The van der Waals surface area contributed by atoms with Crippen molar-refractivity contribution in [2.24, 2.45) is 0 Å². The first-order chi connectivity index (χ1) is 7.74. The lowest BCUT2D eigenvalue weighted by molar-refractivity contribution is 1.03. The van der Waals surface area contributed by atoms with Crippen LogP contribution in [0.4, 0.5) is 5.95 Å². The second kappa shape index (κ2) is 5.41. The third-order valence-electron chi connectivity index (χ3n) is 1.96. The Balaban J connectivity index is 2.05. The van der Waals surface area contributed by atoms with Crippen LogP contribution >= 0.6 is 31.9 Å². The van der Waals surface area contributed by atoms with E-state index < -0.39 is 0 Å². The quantitative estimate of drug-likeness (QED) is 0.866. The first-order valence-electron chi connectivity index (χ1n) is 4.72. The maximum atomic E-state index is 4.21. The smallest absolute Gasteiger partial charge is 0.225 e. The second-order valence-corrected chi connectivity index (χ2v) is 4.80. The SMILES string of the molecule is Brc1cc(Br)nc(NCc2ccccc2)n1. The number of rotatable bonds is 3. The van der Waals surface area contributed by atoms with Gasteiger partial charge in [-0.3, -0.25) is 0 Å². The van der Waals surface area contributed by atoms with E-state index in [1.807, 2.05) is 18.2 Å². The lowest BCUT2D eigenvalue weighted by atomic mass is 10.2. The summed E-state index contributed by atoms with van der Waals surface area (Å²) in [6, 6.07) is 11.9. The molecular weight excluding hydrogens is 334 g/mol. The van der Waals surface area contributed by atoms with Gasteiger partial charge in [-0.05, 0) is 37.4 Å². The molecule has 82 valence electrons. The third kappa shape index (κ3) is 3.28. The summed E-state index contributed by atoms with van der Waals surface area (Å²) in [6.07, 6.45) is 0. The van der Waals surface area contributed by atoms with Gasteiger partial charge in [0.05, 0.1) is 0 Å². The average molecular weight is 343 g/mol. The predicted octanol–water partition coefficient (Wildman–Crippen LogP) is 3.61. The summed E-state index contributed by atoms with van der Waals surface area (Å²) in [5.41, 5.74) is 1.20. The molecule has 0 unspecified atom stereocenters. The Hall–Kier alpha value is -0.940. The van der Waals surface area contributed by atoms with Gasteiger partial charge in [-0.1, -0.05) is 30.3 Å². The third-order valence-corrected chi connectivity index (χ3v) is 2.77. The molecule has 1 aromatic heterocycles. The standard InChI is InChI=1S/C11H9Br2N3/c12-9-6-10(13)16-11(15-9)14-7-8-4-2-1-3-5-8/h1-6H,7H2,(H,14,15,16). The van der Waals surface area contributed by atoms with E-state index in [1.54, 1.807) is 6.07 Å². The Morgan fingerprint density at radius 3 is 2.25 bits per heavy atom. The van der Waals surface area contributed by atoms with Gasteiger partial charge in [0.1, 0.15) is 9.21 Å². The van der Waals surface area contributed by atoms with E-state index in [2.05, 4.69) is 59.3 Å². The molecule has 0 fully saturated rings. The van der Waals surface area contributed by atoms with Gasteiger partial charge in [0.2, 0.25) is 5.95 Å². The normalized spacial score (nSPS) is 10.1. The fourth-order valence-corrected chi connectivity index (χ4v) is 2.32. The van der Waals surface area contributed by atoms with Crippen LogP contribution < -0.4 is 5.32 Å². The van der Waals surface area contributed by atoms with Crippen molar-refractivity contribution in [3.8, 4) is 0 Å². The molecular formula is C11H9Br2N3. The summed E-state index contributed by atoms with van der Waals surface area (Å²) in [4.78, 5) is 8.43. The van der Waals surface area contributed by atoms with Gasteiger partial charge in [-0.25, -0.2) is 9.97 Å². The lowest BCUT2D eigenvalue weighted by Crippen LogP contribution is -2.03. The Bertz CT molecular complexity index is 454. The molecule has 2 rings (SSSR count). The Morgan fingerprint density at radius 1 is 1.00 bits per heavy atom. The number of hydrogen-bond donors (Lipinski definition) is 1. The van der Waals surface area contributed by atoms with Crippen LogP contribution in [-0.4, -0.2) is 9.97 Å². The van der Waals surface area contributed by atoms with Crippen LogP contribution in [0.15, 0.2) is 45.6 Å². The van der Waals surface area contributed by atoms with Crippen LogP contribution in [0.1, 0.15) is 5.56 Å². The number of nitrogens with one attached hydrogen (secondary N) is 1. The van der Waals surface area contributed by atoms with Gasteiger partial charge < -0.3 is 5.32 Å². The van der Waals surface area contributed by atoms with Gasteiger partial charge in [0.25, 0.3) is 0 Å². The summed E-state index contributed by atoms with van der Waals surface area (Å²) >= 11 is 6.64. The number of aromatic nitrogens is 2. The topological polar surface area (TPSA) is 37.8 Å². The molecule has 5 heteroatoms. The van der Waals surface area contributed by atoms with E-state index in [0.717, 1.165) is 9.21 Å². The molecule has 0 aliphatic carbocycles. The van der Waals surface area contributed by atoms with Crippen LogP contribution in [0, 0.1) is 0 Å². The van der Waals surface area contributed by atoms with Crippen molar-refractivity contribution in [2.75, 3.05) is 5.32 Å². The van der Waals surface area contributed by atoms with Crippen molar-refractivity contribution in [1.29, 1.82) is 0 Å². The van der Waals surface area contributed by atoms with Gasteiger partial charge in [-0.2, -0.15) is 0 Å². The minimum Gasteiger partial charge on any atom is -0.350 e. The van der Waals surface area contributed by atoms with Gasteiger partial charge in [0, 0.05) is 12.6 Å². The molecule has 3 nitrogen and oxygen atoms in total. The molecule has 0 amide bonds. The number of nitrogens with zero attached hydrogens (tertiary/aromatic N) is 2. The van der Waals surface area contributed by atoms with E-state index in [9.17, 15) is 0 Å². The summed E-state index contributed by atoms with van der Waals surface area (Å²) < 4.78 is 1.51. The predicted molar refractivity (Wildman–Crippen MR) is 71.2 cm³/mol. The molecule has 1 heterocycles.